The zero-order valence-corrected chi connectivity index (χ0v) is 13.0. The van der Waals surface area contributed by atoms with Crippen LogP contribution in [0.3, 0.4) is 0 Å². The second-order valence-electron chi connectivity index (χ2n) is 5.90. The van der Waals surface area contributed by atoms with Crippen molar-refractivity contribution in [1.29, 1.82) is 0 Å². The smallest absolute Gasteiger partial charge is 0.223 e. The third-order valence-electron chi connectivity index (χ3n) is 3.74. The van der Waals surface area contributed by atoms with Gasteiger partial charge in [-0.1, -0.05) is 18.2 Å². The average molecular weight is 298 g/mol. The fraction of sp³-hybridized carbons (Fsp3) is 0.412. The van der Waals surface area contributed by atoms with E-state index in [1.165, 1.54) is 11.3 Å². The molecule has 1 aromatic heterocycles. The normalized spacial score (nSPS) is 17.5. The SMILES string of the molecule is CC(C)Oc1cc(C2CCCc3ccccc3N2)nc(N)n1. The maximum absolute atomic E-state index is 5.85. The molecule has 1 aliphatic heterocycles. The molecule has 1 aliphatic rings. The van der Waals surface area contributed by atoms with Crippen molar-refractivity contribution in [2.45, 2.75) is 45.3 Å². The third-order valence-corrected chi connectivity index (χ3v) is 3.74. The Labute approximate surface area is 130 Å². The topological polar surface area (TPSA) is 73.1 Å². The summed E-state index contributed by atoms with van der Waals surface area (Å²) in [7, 11) is 0. The predicted octanol–water partition coefficient (Wildman–Crippen LogP) is 3.34. The second-order valence-corrected chi connectivity index (χ2v) is 5.90. The zero-order valence-electron chi connectivity index (χ0n) is 13.0. The summed E-state index contributed by atoms with van der Waals surface area (Å²) in [5.41, 5.74) is 9.26. The van der Waals surface area contributed by atoms with Crippen LogP contribution in [-0.2, 0) is 6.42 Å². The highest BCUT2D eigenvalue weighted by Crippen LogP contribution is 2.31. The fourth-order valence-electron chi connectivity index (χ4n) is 2.80. The number of ether oxygens (including phenoxy) is 1. The number of aromatic nitrogens is 2. The average Bonchev–Trinajstić information content (AvgIpc) is 2.68. The summed E-state index contributed by atoms with van der Waals surface area (Å²) in [4.78, 5) is 8.56. The predicted molar refractivity (Wildman–Crippen MR) is 88.0 cm³/mol. The van der Waals surface area contributed by atoms with Crippen LogP contribution in [0.2, 0.25) is 0 Å². The van der Waals surface area contributed by atoms with Gasteiger partial charge in [0, 0.05) is 11.8 Å². The molecule has 5 heteroatoms. The summed E-state index contributed by atoms with van der Waals surface area (Å²) in [5.74, 6) is 0.796. The quantitative estimate of drug-likeness (QED) is 0.909. The van der Waals surface area contributed by atoms with Crippen molar-refractivity contribution >= 4 is 11.6 Å². The molecule has 116 valence electrons. The number of hydrogen-bond donors (Lipinski definition) is 2. The van der Waals surface area contributed by atoms with Crippen LogP contribution in [0.1, 0.15) is 44.0 Å². The highest BCUT2D eigenvalue weighted by molar-refractivity contribution is 5.53. The number of nitrogens with zero attached hydrogens (tertiary/aromatic N) is 2. The molecule has 0 aliphatic carbocycles. The van der Waals surface area contributed by atoms with Crippen LogP contribution in [0.4, 0.5) is 11.6 Å². The standard InChI is InChI=1S/C17H22N4O/c1-11(2)22-16-10-15(20-17(18)21-16)14-9-5-7-12-6-3-4-8-13(12)19-14/h3-4,6,8,10-11,14,19H,5,7,9H2,1-2H3,(H2,18,20,21). The van der Waals surface area contributed by atoms with Crippen LogP contribution in [0.15, 0.2) is 30.3 Å². The van der Waals surface area contributed by atoms with E-state index < -0.39 is 0 Å². The Morgan fingerprint density at radius 3 is 2.91 bits per heavy atom. The Bertz CT molecular complexity index is 657. The maximum Gasteiger partial charge on any atom is 0.223 e. The van der Waals surface area contributed by atoms with Crippen molar-refractivity contribution in [2.75, 3.05) is 11.1 Å². The van der Waals surface area contributed by atoms with Gasteiger partial charge >= 0.3 is 0 Å². The first-order chi connectivity index (χ1) is 10.6. The molecule has 0 saturated carbocycles. The summed E-state index contributed by atoms with van der Waals surface area (Å²) in [5, 5.41) is 3.58. The number of nitrogens with two attached hydrogens (primary N) is 1. The monoisotopic (exact) mass is 298 g/mol. The van der Waals surface area contributed by atoms with Gasteiger partial charge in [-0.05, 0) is 44.7 Å². The van der Waals surface area contributed by atoms with Crippen molar-refractivity contribution in [2.24, 2.45) is 0 Å². The van der Waals surface area contributed by atoms with Gasteiger partial charge in [-0.3, -0.25) is 0 Å². The molecule has 22 heavy (non-hydrogen) atoms. The van der Waals surface area contributed by atoms with E-state index >= 15 is 0 Å². The molecule has 0 radical (unpaired) electrons. The van der Waals surface area contributed by atoms with E-state index in [2.05, 4.69) is 39.6 Å². The lowest BCUT2D eigenvalue weighted by Gasteiger charge is -2.19. The Hall–Kier alpha value is -2.30. The van der Waals surface area contributed by atoms with Crippen LogP contribution < -0.4 is 15.8 Å². The minimum Gasteiger partial charge on any atom is -0.475 e. The summed E-state index contributed by atoms with van der Waals surface area (Å²) < 4.78 is 5.67. The Balaban J connectivity index is 1.89. The molecule has 1 aromatic carbocycles. The van der Waals surface area contributed by atoms with Gasteiger partial charge < -0.3 is 15.8 Å². The molecule has 2 heterocycles. The molecule has 1 unspecified atom stereocenters. The number of hydrogen-bond acceptors (Lipinski definition) is 5. The van der Waals surface area contributed by atoms with Gasteiger partial charge in [0.15, 0.2) is 0 Å². The number of para-hydroxylation sites is 1. The van der Waals surface area contributed by atoms with Crippen molar-refractivity contribution in [3.63, 3.8) is 0 Å². The van der Waals surface area contributed by atoms with Gasteiger partial charge in [-0.15, -0.1) is 0 Å². The second kappa shape index (κ2) is 6.22. The molecule has 0 bridgehead atoms. The first-order valence-electron chi connectivity index (χ1n) is 7.77. The molecule has 0 amide bonds. The fourth-order valence-corrected chi connectivity index (χ4v) is 2.80. The van der Waals surface area contributed by atoms with Crippen molar-refractivity contribution in [3.05, 3.63) is 41.6 Å². The Morgan fingerprint density at radius 2 is 2.09 bits per heavy atom. The van der Waals surface area contributed by atoms with E-state index in [1.54, 1.807) is 0 Å². The molecule has 2 aromatic rings. The minimum absolute atomic E-state index is 0.0602. The number of fused-ring (bicyclic) bond motifs is 1. The van der Waals surface area contributed by atoms with Gasteiger partial charge in [0.25, 0.3) is 0 Å². The number of aryl methyl sites for hydroxylation is 1. The van der Waals surface area contributed by atoms with E-state index in [0.29, 0.717) is 5.88 Å². The van der Waals surface area contributed by atoms with E-state index in [9.17, 15) is 0 Å². The summed E-state index contributed by atoms with van der Waals surface area (Å²) >= 11 is 0. The lowest BCUT2D eigenvalue weighted by molar-refractivity contribution is 0.232. The van der Waals surface area contributed by atoms with Crippen molar-refractivity contribution < 1.29 is 4.74 Å². The van der Waals surface area contributed by atoms with Crippen molar-refractivity contribution in [1.82, 2.24) is 9.97 Å². The zero-order chi connectivity index (χ0) is 15.5. The number of anilines is 2. The number of benzene rings is 1. The molecular weight excluding hydrogens is 276 g/mol. The number of nitrogens with one attached hydrogen (secondary N) is 1. The summed E-state index contributed by atoms with van der Waals surface area (Å²) in [6, 6.07) is 10.4. The largest absolute Gasteiger partial charge is 0.475 e. The molecule has 3 N–H and O–H groups in total. The van der Waals surface area contributed by atoms with Crippen molar-refractivity contribution in [3.8, 4) is 5.88 Å². The molecule has 3 rings (SSSR count). The van der Waals surface area contributed by atoms with Gasteiger partial charge in [0.05, 0.1) is 17.8 Å². The molecule has 0 spiro atoms. The van der Waals surface area contributed by atoms with Crippen LogP contribution in [0, 0.1) is 0 Å². The van der Waals surface area contributed by atoms with E-state index in [0.717, 1.165) is 25.0 Å². The van der Waals surface area contributed by atoms with Gasteiger partial charge in [0.2, 0.25) is 11.8 Å². The highest BCUT2D eigenvalue weighted by Gasteiger charge is 2.20. The van der Waals surface area contributed by atoms with Gasteiger partial charge in [-0.2, -0.15) is 4.98 Å². The van der Waals surface area contributed by atoms with Crippen LogP contribution >= 0.6 is 0 Å². The first kappa shape index (κ1) is 14.6. The molecular formula is C17H22N4O. The minimum atomic E-state index is 0.0602. The van der Waals surface area contributed by atoms with Crippen LogP contribution in [0.5, 0.6) is 5.88 Å². The van der Waals surface area contributed by atoms with Gasteiger partial charge in [-0.25, -0.2) is 4.98 Å². The molecule has 1 atom stereocenters. The number of nitrogen functional groups attached to an aromatic ring is 1. The summed E-state index contributed by atoms with van der Waals surface area (Å²) in [6.07, 6.45) is 3.26. The van der Waals surface area contributed by atoms with E-state index in [4.69, 9.17) is 10.5 Å². The molecule has 0 fully saturated rings. The number of rotatable bonds is 3. The van der Waals surface area contributed by atoms with Crippen LogP contribution in [-0.4, -0.2) is 16.1 Å². The molecule has 5 nitrogen and oxygen atoms in total. The summed E-state index contributed by atoms with van der Waals surface area (Å²) in [6.45, 7) is 3.94. The molecule has 0 saturated heterocycles. The lowest BCUT2D eigenvalue weighted by atomic mass is 10.1. The first-order valence-corrected chi connectivity index (χ1v) is 7.77. The Morgan fingerprint density at radius 1 is 1.27 bits per heavy atom. The maximum atomic E-state index is 5.85. The van der Waals surface area contributed by atoms with Crippen LogP contribution in [0.25, 0.3) is 0 Å². The van der Waals surface area contributed by atoms with E-state index in [1.807, 2.05) is 19.9 Å². The third kappa shape index (κ3) is 3.30. The Kier molecular flexibility index (Phi) is 4.13. The van der Waals surface area contributed by atoms with E-state index in [-0.39, 0.29) is 18.1 Å². The lowest BCUT2D eigenvalue weighted by Crippen LogP contribution is -2.15. The highest BCUT2D eigenvalue weighted by atomic mass is 16.5. The van der Waals surface area contributed by atoms with Gasteiger partial charge in [0.1, 0.15) is 0 Å².